The lowest BCUT2D eigenvalue weighted by molar-refractivity contribution is 0.259. The van der Waals surface area contributed by atoms with Gasteiger partial charge in [-0.25, -0.2) is 4.79 Å². The minimum Gasteiger partial charge on any atom is -0.495 e. The first-order valence-corrected chi connectivity index (χ1v) is 4.09. The molecule has 0 aromatic heterocycles. The van der Waals surface area contributed by atoms with E-state index in [1.165, 1.54) is 7.11 Å². The molecule has 0 saturated carbocycles. The zero-order valence-corrected chi connectivity index (χ0v) is 8.13. The van der Waals surface area contributed by atoms with Crippen LogP contribution in [0.25, 0.3) is 0 Å². The standard InChI is InChI=1S/C9H13N3O2/c1-11-6-3-4-8(14-2)7(5-6)12-9(10)13/h3-5,11H,1-2H3,(H3,10,12,13). The van der Waals surface area contributed by atoms with Crippen LogP contribution >= 0.6 is 0 Å². The average Bonchev–Trinajstić information content (AvgIpc) is 2.16. The average molecular weight is 195 g/mol. The summed E-state index contributed by atoms with van der Waals surface area (Å²) in [4.78, 5) is 10.7. The number of carbonyl (C=O) groups is 1. The first kappa shape index (κ1) is 10.2. The highest BCUT2D eigenvalue weighted by Crippen LogP contribution is 2.27. The summed E-state index contributed by atoms with van der Waals surface area (Å²) in [5.41, 5.74) is 6.43. The van der Waals surface area contributed by atoms with Crippen LogP contribution in [0.3, 0.4) is 0 Å². The quantitative estimate of drug-likeness (QED) is 0.678. The summed E-state index contributed by atoms with van der Waals surface area (Å²) in [5.74, 6) is 0.572. The van der Waals surface area contributed by atoms with Crippen molar-refractivity contribution in [1.29, 1.82) is 0 Å². The minimum absolute atomic E-state index is 0.548. The second kappa shape index (κ2) is 4.36. The maximum Gasteiger partial charge on any atom is 0.316 e. The summed E-state index contributed by atoms with van der Waals surface area (Å²) >= 11 is 0. The second-order valence-corrected chi connectivity index (χ2v) is 2.65. The Balaban J connectivity index is 3.01. The van der Waals surface area contributed by atoms with E-state index in [9.17, 15) is 4.79 Å². The largest absolute Gasteiger partial charge is 0.495 e. The topological polar surface area (TPSA) is 76.4 Å². The molecule has 0 bridgehead atoms. The molecule has 0 fully saturated rings. The smallest absolute Gasteiger partial charge is 0.316 e. The Morgan fingerprint density at radius 2 is 2.21 bits per heavy atom. The molecule has 1 aromatic rings. The SMILES string of the molecule is CNc1ccc(OC)c(NC(N)=O)c1. The van der Waals surface area contributed by atoms with Crippen molar-refractivity contribution in [3.8, 4) is 5.75 Å². The van der Waals surface area contributed by atoms with Gasteiger partial charge < -0.3 is 21.1 Å². The molecular formula is C9H13N3O2. The molecule has 0 spiro atoms. The number of anilines is 2. The van der Waals surface area contributed by atoms with Gasteiger partial charge in [0.1, 0.15) is 5.75 Å². The van der Waals surface area contributed by atoms with E-state index in [1.807, 2.05) is 6.07 Å². The lowest BCUT2D eigenvalue weighted by Crippen LogP contribution is -2.19. The molecule has 0 aliphatic heterocycles. The molecule has 0 radical (unpaired) electrons. The number of primary amides is 1. The van der Waals surface area contributed by atoms with Crippen LogP contribution in [0, 0.1) is 0 Å². The van der Waals surface area contributed by atoms with Gasteiger partial charge in [-0.2, -0.15) is 0 Å². The van der Waals surface area contributed by atoms with Crippen LogP contribution in [-0.2, 0) is 0 Å². The molecule has 4 N–H and O–H groups in total. The first-order valence-electron chi connectivity index (χ1n) is 4.09. The molecule has 76 valence electrons. The monoisotopic (exact) mass is 195 g/mol. The summed E-state index contributed by atoms with van der Waals surface area (Å²) in [6.45, 7) is 0. The summed E-state index contributed by atoms with van der Waals surface area (Å²) in [6, 6.07) is 4.71. The van der Waals surface area contributed by atoms with Gasteiger partial charge in [0.05, 0.1) is 12.8 Å². The molecule has 14 heavy (non-hydrogen) atoms. The number of nitrogens with two attached hydrogens (primary N) is 1. The third-order valence-corrected chi connectivity index (χ3v) is 1.75. The Morgan fingerprint density at radius 3 is 2.71 bits per heavy atom. The van der Waals surface area contributed by atoms with Gasteiger partial charge in [0.2, 0.25) is 0 Å². The number of methoxy groups -OCH3 is 1. The highest BCUT2D eigenvalue weighted by atomic mass is 16.5. The fourth-order valence-corrected chi connectivity index (χ4v) is 1.09. The van der Waals surface area contributed by atoms with E-state index in [-0.39, 0.29) is 0 Å². The van der Waals surface area contributed by atoms with Gasteiger partial charge in [-0.15, -0.1) is 0 Å². The van der Waals surface area contributed by atoms with Crippen molar-refractivity contribution in [2.24, 2.45) is 5.73 Å². The Bertz CT molecular complexity index is 339. The molecular weight excluding hydrogens is 182 g/mol. The Kier molecular flexibility index (Phi) is 3.17. The molecule has 0 aliphatic rings. The van der Waals surface area contributed by atoms with Crippen molar-refractivity contribution in [2.75, 3.05) is 24.8 Å². The molecule has 0 atom stereocenters. The number of amides is 2. The maximum absolute atomic E-state index is 10.7. The van der Waals surface area contributed by atoms with Crippen molar-refractivity contribution in [2.45, 2.75) is 0 Å². The predicted octanol–water partition coefficient (Wildman–Crippen LogP) is 1.23. The van der Waals surface area contributed by atoms with E-state index >= 15 is 0 Å². The van der Waals surface area contributed by atoms with Crippen LogP contribution in [0.15, 0.2) is 18.2 Å². The van der Waals surface area contributed by atoms with Gasteiger partial charge in [0, 0.05) is 12.7 Å². The molecule has 5 nitrogen and oxygen atoms in total. The molecule has 0 saturated heterocycles. The van der Waals surface area contributed by atoms with Crippen molar-refractivity contribution < 1.29 is 9.53 Å². The van der Waals surface area contributed by atoms with Crippen LogP contribution in [0.5, 0.6) is 5.75 Å². The maximum atomic E-state index is 10.7. The number of urea groups is 1. The number of hydrogen-bond donors (Lipinski definition) is 3. The van der Waals surface area contributed by atoms with Crippen molar-refractivity contribution in [3.63, 3.8) is 0 Å². The van der Waals surface area contributed by atoms with E-state index in [0.29, 0.717) is 11.4 Å². The lowest BCUT2D eigenvalue weighted by Gasteiger charge is -2.10. The zero-order valence-electron chi connectivity index (χ0n) is 8.13. The normalized spacial score (nSPS) is 9.29. The number of ether oxygens (including phenoxy) is 1. The summed E-state index contributed by atoms with van der Waals surface area (Å²) in [5, 5.41) is 5.42. The number of carbonyl (C=O) groups excluding carboxylic acids is 1. The number of nitrogens with one attached hydrogen (secondary N) is 2. The third-order valence-electron chi connectivity index (χ3n) is 1.75. The molecule has 2 amide bonds. The van der Waals surface area contributed by atoms with Crippen molar-refractivity contribution >= 4 is 17.4 Å². The molecule has 5 heteroatoms. The molecule has 1 rings (SSSR count). The minimum atomic E-state index is -0.614. The Morgan fingerprint density at radius 1 is 1.50 bits per heavy atom. The Labute approximate surface area is 82.2 Å². The van der Waals surface area contributed by atoms with Gasteiger partial charge in [-0.3, -0.25) is 0 Å². The highest BCUT2D eigenvalue weighted by molar-refractivity contribution is 5.90. The Hall–Kier alpha value is -1.91. The van der Waals surface area contributed by atoms with Crippen LogP contribution in [0.2, 0.25) is 0 Å². The first-order chi connectivity index (χ1) is 6.67. The van der Waals surface area contributed by atoms with Gasteiger partial charge in [-0.1, -0.05) is 0 Å². The van der Waals surface area contributed by atoms with Crippen LogP contribution in [0.4, 0.5) is 16.2 Å². The van der Waals surface area contributed by atoms with Crippen molar-refractivity contribution in [1.82, 2.24) is 0 Å². The van der Waals surface area contributed by atoms with E-state index in [4.69, 9.17) is 10.5 Å². The number of hydrogen-bond acceptors (Lipinski definition) is 3. The fourth-order valence-electron chi connectivity index (χ4n) is 1.09. The summed E-state index contributed by atoms with van der Waals surface area (Å²) in [7, 11) is 3.32. The second-order valence-electron chi connectivity index (χ2n) is 2.65. The van der Waals surface area contributed by atoms with Crippen molar-refractivity contribution in [3.05, 3.63) is 18.2 Å². The van der Waals surface area contributed by atoms with E-state index in [1.54, 1.807) is 19.2 Å². The molecule has 1 aromatic carbocycles. The fraction of sp³-hybridized carbons (Fsp3) is 0.222. The van der Waals surface area contributed by atoms with Gasteiger partial charge in [0.15, 0.2) is 0 Å². The van der Waals surface area contributed by atoms with Crippen LogP contribution < -0.4 is 21.1 Å². The van der Waals surface area contributed by atoms with Gasteiger partial charge in [-0.05, 0) is 18.2 Å². The lowest BCUT2D eigenvalue weighted by atomic mass is 10.2. The number of rotatable bonds is 3. The van der Waals surface area contributed by atoms with Crippen LogP contribution in [0.1, 0.15) is 0 Å². The highest BCUT2D eigenvalue weighted by Gasteiger charge is 2.05. The number of benzene rings is 1. The predicted molar refractivity (Wildman–Crippen MR) is 55.7 cm³/mol. The molecule has 0 aliphatic carbocycles. The molecule has 0 unspecified atom stereocenters. The summed E-state index contributed by atoms with van der Waals surface area (Å²) < 4.78 is 5.05. The van der Waals surface area contributed by atoms with E-state index < -0.39 is 6.03 Å². The third kappa shape index (κ3) is 2.29. The summed E-state index contributed by atoms with van der Waals surface area (Å²) in [6.07, 6.45) is 0. The van der Waals surface area contributed by atoms with Gasteiger partial charge >= 0.3 is 6.03 Å². The van der Waals surface area contributed by atoms with Crippen LogP contribution in [-0.4, -0.2) is 20.2 Å². The van der Waals surface area contributed by atoms with E-state index in [0.717, 1.165) is 5.69 Å². The van der Waals surface area contributed by atoms with E-state index in [2.05, 4.69) is 10.6 Å². The van der Waals surface area contributed by atoms with Gasteiger partial charge in [0.25, 0.3) is 0 Å². The zero-order chi connectivity index (χ0) is 10.6. The molecule has 0 heterocycles.